The highest BCUT2D eigenvalue weighted by Crippen LogP contribution is 2.53. The van der Waals surface area contributed by atoms with Gasteiger partial charge in [-0.1, -0.05) is 0 Å². The molecule has 2 aromatic rings. The second-order valence-electron chi connectivity index (χ2n) is 7.86. The Morgan fingerprint density at radius 3 is 2.50 bits per heavy atom. The van der Waals surface area contributed by atoms with Crippen molar-refractivity contribution >= 4 is 22.7 Å². The van der Waals surface area contributed by atoms with Gasteiger partial charge in [-0.2, -0.15) is 13.2 Å². The first-order chi connectivity index (χ1) is 13.2. The van der Waals surface area contributed by atoms with Crippen molar-refractivity contribution < 1.29 is 22.8 Å². The molecule has 0 unspecified atom stereocenters. The van der Waals surface area contributed by atoms with Gasteiger partial charge in [-0.05, 0) is 50.2 Å². The molecule has 0 radical (unpaired) electrons. The van der Waals surface area contributed by atoms with Crippen LogP contribution in [0.25, 0.3) is 10.9 Å². The number of likely N-dealkylation sites (tertiary alicyclic amines) is 1. The highest BCUT2D eigenvalue weighted by Gasteiger charge is 2.45. The summed E-state index contributed by atoms with van der Waals surface area (Å²) in [6, 6.07) is 1.51. The van der Waals surface area contributed by atoms with Crippen LogP contribution in [-0.4, -0.2) is 45.8 Å². The van der Waals surface area contributed by atoms with Gasteiger partial charge in [0.25, 0.3) is 5.91 Å². The molecule has 1 atom stereocenters. The van der Waals surface area contributed by atoms with Crippen LogP contribution >= 0.6 is 0 Å². The molecule has 0 bridgehead atoms. The van der Waals surface area contributed by atoms with Crippen LogP contribution in [0.2, 0.25) is 0 Å². The number of carbonyl (C=O) groups excluding carboxylic acids is 2. The molecule has 2 amide bonds. The highest BCUT2D eigenvalue weighted by atomic mass is 19.4. The first-order valence-corrected chi connectivity index (χ1v) is 9.33. The minimum Gasteiger partial charge on any atom is -0.349 e. The van der Waals surface area contributed by atoms with E-state index in [1.807, 2.05) is 0 Å². The van der Waals surface area contributed by atoms with Crippen molar-refractivity contribution in [2.75, 3.05) is 13.1 Å². The first-order valence-electron chi connectivity index (χ1n) is 9.33. The lowest BCUT2D eigenvalue weighted by atomic mass is 9.93. The van der Waals surface area contributed by atoms with Crippen molar-refractivity contribution in [3.8, 4) is 0 Å². The number of hydrogen-bond donors (Lipinski definition) is 2. The zero-order valence-corrected chi connectivity index (χ0v) is 15.4. The molecule has 1 aliphatic carbocycles. The lowest BCUT2D eigenvalue weighted by molar-refractivity contribution is -0.141. The number of halogens is 3. The SMILES string of the molecule is C[C@H](NC(=O)c1cc2cc(C(F)(F)F)ncc2[nH]1)C(=O)N1CCC2(CC1)CC2. The van der Waals surface area contributed by atoms with E-state index in [0.29, 0.717) is 24.0 Å². The molecule has 3 heterocycles. The highest BCUT2D eigenvalue weighted by molar-refractivity contribution is 6.00. The summed E-state index contributed by atoms with van der Waals surface area (Å²) in [6.45, 7) is 3.03. The molecule has 150 valence electrons. The van der Waals surface area contributed by atoms with Crippen molar-refractivity contribution in [3.05, 3.63) is 29.7 Å². The number of hydrogen-bond acceptors (Lipinski definition) is 3. The van der Waals surface area contributed by atoms with Gasteiger partial charge in [0.05, 0.1) is 11.7 Å². The third kappa shape index (κ3) is 3.57. The molecule has 28 heavy (non-hydrogen) atoms. The van der Waals surface area contributed by atoms with E-state index in [-0.39, 0.29) is 17.0 Å². The van der Waals surface area contributed by atoms with Gasteiger partial charge in [0, 0.05) is 18.5 Å². The number of piperidine rings is 1. The summed E-state index contributed by atoms with van der Waals surface area (Å²) in [5.74, 6) is -0.678. The van der Waals surface area contributed by atoms with Gasteiger partial charge < -0.3 is 15.2 Å². The summed E-state index contributed by atoms with van der Waals surface area (Å²) >= 11 is 0. The summed E-state index contributed by atoms with van der Waals surface area (Å²) < 4.78 is 38.3. The minimum atomic E-state index is -4.55. The van der Waals surface area contributed by atoms with E-state index in [1.165, 1.54) is 18.9 Å². The average Bonchev–Trinajstić information content (AvgIpc) is 3.25. The Kier molecular flexibility index (Phi) is 4.35. The van der Waals surface area contributed by atoms with E-state index in [9.17, 15) is 22.8 Å². The number of carbonyl (C=O) groups is 2. The van der Waals surface area contributed by atoms with E-state index in [2.05, 4.69) is 15.3 Å². The molecule has 2 N–H and O–H groups in total. The van der Waals surface area contributed by atoms with Crippen LogP contribution < -0.4 is 5.32 Å². The first kappa shape index (κ1) is 18.8. The van der Waals surface area contributed by atoms with Gasteiger partial charge in [-0.25, -0.2) is 4.98 Å². The average molecular weight is 394 g/mol. The van der Waals surface area contributed by atoms with Crippen LogP contribution in [0.3, 0.4) is 0 Å². The number of pyridine rings is 1. The predicted molar refractivity (Wildman–Crippen MR) is 95.5 cm³/mol. The summed E-state index contributed by atoms with van der Waals surface area (Å²) in [4.78, 5) is 32.9. The Hall–Kier alpha value is -2.58. The van der Waals surface area contributed by atoms with E-state index in [4.69, 9.17) is 0 Å². The maximum Gasteiger partial charge on any atom is 0.433 e. The van der Waals surface area contributed by atoms with Crippen molar-refractivity contribution in [1.82, 2.24) is 20.2 Å². The molecule has 1 spiro atoms. The lowest BCUT2D eigenvalue weighted by Crippen LogP contribution is -2.49. The number of nitrogens with zero attached hydrogens (tertiary/aromatic N) is 2. The molecule has 0 aromatic carbocycles. The molecule has 2 aromatic heterocycles. The second kappa shape index (κ2) is 6.49. The fourth-order valence-electron chi connectivity index (χ4n) is 3.80. The molecule has 6 nitrogen and oxygen atoms in total. The normalized spacial score (nSPS) is 19.6. The Morgan fingerprint density at radius 2 is 1.89 bits per heavy atom. The van der Waals surface area contributed by atoms with E-state index in [1.54, 1.807) is 11.8 Å². The van der Waals surface area contributed by atoms with Crippen molar-refractivity contribution in [2.24, 2.45) is 5.41 Å². The molecule has 2 aliphatic rings. The molecule has 2 fully saturated rings. The Morgan fingerprint density at radius 1 is 1.21 bits per heavy atom. The molecule has 4 rings (SSSR count). The quantitative estimate of drug-likeness (QED) is 0.840. The summed E-state index contributed by atoms with van der Waals surface area (Å²) in [5.41, 5.74) is -0.154. The second-order valence-corrected chi connectivity index (χ2v) is 7.86. The molecule has 1 saturated heterocycles. The van der Waals surface area contributed by atoms with E-state index < -0.39 is 23.8 Å². The molecule has 1 saturated carbocycles. The number of nitrogens with one attached hydrogen (secondary N) is 2. The van der Waals surface area contributed by atoms with Crippen LogP contribution in [-0.2, 0) is 11.0 Å². The number of fused-ring (bicyclic) bond motifs is 1. The van der Waals surface area contributed by atoms with Crippen molar-refractivity contribution in [3.63, 3.8) is 0 Å². The zero-order chi connectivity index (χ0) is 20.1. The number of H-pyrrole nitrogens is 1. The molecular formula is C19H21F3N4O2. The predicted octanol–water partition coefficient (Wildman–Crippen LogP) is 3.10. The molecular weight excluding hydrogens is 373 g/mol. The molecule has 1 aliphatic heterocycles. The third-order valence-corrected chi connectivity index (χ3v) is 5.85. The Labute approximate surface area is 159 Å². The van der Waals surface area contributed by atoms with E-state index in [0.717, 1.165) is 25.1 Å². The van der Waals surface area contributed by atoms with Crippen LogP contribution in [0, 0.1) is 5.41 Å². The topological polar surface area (TPSA) is 78.1 Å². The number of aromatic amines is 1. The zero-order valence-electron chi connectivity index (χ0n) is 15.4. The number of alkyl halides is 3. The Bertz CT molecular complexity index is 923. The van der Waals surface area contributed by atoms with Gasteiger partial charge in [0.2, 0.25) is 5.91 Å². The van der Waals surface area contributed by atoms with Crippen LogP contribution in [0.1, 0.15) is 48.8 Å². The summed E-state index contributed by atoms with van der Waals surface area (Å²) in [6.07, 6.45) is 0.998. The summed E-state index contributed by atoms with van der Waals surface area (Å²) in [7, 11) is 0. The van der Waals surface area contributed by atoms with Crippen molar-refractivity contribution in [1.29, 1.82) is 0 Å². The maximum absolute atomic E-state index is 12.8. The maximum atomic E-state index is 12.8. The number of amides is 2. The fraction of sp³-hybridized carbons (Fsp3) is 0.526. The van der Waals surface area contributed by atoms with Gasteiger partial charge in [0.15, 0.2) is 0 Å². The number of aromatic nitrogens is 2. The van der Waals surface area contributed by atoms with Crippen LogP contribution in [0.15, 0.2) is 18.3 Å². The van der Waals surface area contributed by atoms with Gasteiger partial charge in [-0.15, -0.1) is 0 Å². The summed E-state index contributed by atoms with van der Waals surface area (Å²) in [5, 5.41) is 2.86. The van der Waals surface area contributed by atoms with E-state index >= 15 is 0 Å². The number of rotatable bonds is 3. The largest absolute Gasteiger partial charge is 0.433 e. The third-order valence-electron chi connectivity index (χ3n) is 5.85. The Balaban J connectivity index is 1.41. The van der Waals surface area contributed by atoms with Crippen LogP contribution in [0.5, 0.6) is 0 Å². The van der Waals surface area contributed by atoms with Gasteiger partial charge in [-0.3, -0.25) is 9.59 Å². The monoisotopic (exact) mass is 394 g/mol. The van der Waals surface area contributed by atoms with Gasteiger partial charge >= 0.3 is 6.18 Å². The standard InChI is InChI=1S/C19H21F3N4O2/c1-11(17(28)26-6-4-18(2-3-18)5-7-26)24-16(27)13-8-12-9-15(19(20,21)22)23-10-14(12)25-13/h8-11,25H,2-7H2,1H3,(H,24,27)/t11-/m0/s1. The minimum absolute atomic E-state index is 0.0892. The van der Waals surface area contributed by atoms with Crippen LogP contribution in [0.4, 0.5) is 13.2 Å². The smallest absolute Gasteiger partial charge is 0.349 e. The lowest BCUT2D eigenvalue weighted by Gasteiger charge is -2.33. The van der Waals surface area contributed by atoms with Crippen molar-refractivity contribution in [2.45, 2.75) is 44.8 Å². The van der Waals surface area contributed by atoms with Gasteiger partial charge in [0.1, 0.15) is 17.4 Å². The fourth-order valence-corrected chi connectivity index (χ4v) is 3.80. The molecule has 9 heteroatoms.